The molecule has 60 valence electrons. The van der Waals surface area contributed by atoms with Crippen LogP contribution in [0.25, 0.3) is 0 Å². The molecule has 2 nitrogen and oxygen atoms in total. The lowest BCUT2D eigenvalue weighted by Gasteiger charge is -1.99. The molecule has 0 N–H and O–H groups in total. The Morgan fingerprint density at radius 3 is 2.27 bits per heavy atom. The highest BCUT2D eigenvalue weighted by atomic mass is 31.1. The van der Waals surface area contributed by atoms with Crippen LogP contribution in [0.2, 0.25) is 0 Å². The molecule has 1 aromatic carbocycles. The van der Waals surface area contributed by atoms with Crippen molar-refractivity contribution < 1.29 is 9.09 Å². The lowest BCUT2D eigenvalue weighted by Crippen LogP contribution is -1.76. The first-order valence-corrected chi connectivity index (χ1v) is 4.84. The van der Waals surface area contributed by atoms with Crippen LogP contribution in [0.3, 0.4) is 0 Å². The molecule has 0 spiro atoms. The highest BCUT2D eigenvalue weighted by Gasteiger charge is 1.90. The minimum absolute atomic E-state index is 0. The summed E-state index contributed by atoms with van der Waals surface area (Å²) in [5.41, 5.74) is 0. The van der Waals surface area contributed by atoms with Gasteiger partial charge in [0.05, 0.1) is 0 Å². The molecule has 0 saturated carbocycles. The molecule has 0 aliphatic rings. The molecule has 1 aromatic rings. The SMILES string of the molecule is C[PH](=O)Oc1ccccc1.[AlH3]. The van der Waals surface area contributed by atoms with Crippen molar-refractivity contribution in [2.75, 3.05) is 6.66 Å². The maximum absolute atomic E-state index is 10.6. The minimum atomic E-state index is -1.84. The molecule has 0 aliphatic heterocycles. The van der Waals surface area contributed by atoms with Gasteiger partial charge in [-0.2, -0.15) is 0 Å². The Kier molecular flexibility index (Phi) is 5.33. The third-order valence-corrected chi connectivity index (χ3v) is 1.53. The Morgan fingerprint density at radius 1 is 1.27 bits per heavy atom. The van der Waals surface area contributed by atoms with Gasteiger partial charge in [0.25, 0.3) is 0 Å². The van der Waals surface area contributed by atoms with Crippen LogP contribution in [-0.2, 0) is 4.57 Å². The van der Waals surface area contributed by atoms with E-state index in [0.29, 0.717) is 5.75 Å². The van der Waals surface area contributed by atoms with E-state index in [1.165, 1.54) is 0 Å². The van der Waals surface area contributed by atoms with Gasteiger partial charge < -0.3 is 4.52 Å². The molecule has 11 heavy (non-hydrogen) atoms. The van der Waals surface area contributed by atoms with Gasteiger partial charge in [0.15, 0.2) is 17.4 Å². The quantitative estimate of drug-likeness (QED) is 0.508. The predicted octanol–water partition coefficient (Wildman–Crippen LogP) is 0.986. The first-order chi connectivity index (χ1) is 4.79. The Bertz CT molecular complexity index is 225. The fourth-order valence-electron chi connectivity index (χ4n) is 0.655. The molecule has 0 heterocycles. The van der Waals surface area contributed by atoms with Crippen molar-refractivity contribution in [3.05, 3.63) is 30.3 Å². The monoisotopic (exact) mass is 186 g/mol. The zero-order valence-electron chi connectivity index (χ0n) is 5.70. The van der Waals surface area contributed by atoms with Gasteiger partial charge in [-0.1, -0.05) is 18.2 Å². The zero-order valence-corrected chi connectivity index (χ0v) is 6.70. The molecular weight excluding hydrogens is 174 g/mol. The van der Waals surface area contributed by atoms with Crippen LogP contribution in [0.15, 0.2) is 30.3 Å². The topological polar surface area (TPSA) is 26.3 Å². The maximum Gasteiger partial charge on any atom is 0.233 e. The van der Waals surface area contributed by atoms with Crippen molar-refractivity contribution in [3.8, 4) is 5.75 Å². The van der Waals surface area contributed by atoms with Crippen LogP contribution in [0, 0.1) is 0 Å². The number of hydrogen-bond donors (Lipinski definition) is 0. The molecule has 0 bridgehead atoms. The molecule has 0 radical (unpaired) electrons. The van der Waals surface area contributed by atoms with Gasteiger partial charge in [-0.25, -0.2) is 0 Å². The summed E-state index contributed by atoms with van der Waals surface area (Å²) in [4.78, 5) is 0. The molecule has 4 heteroatoms. The second kappa shape index (κ2) is 5.44. The summed E-state index contributed by atoms with van der Waals surface area (Å²) in [7, 11) is -1.84. The second-order valence-electron chi connectivity index (χ2n) is 1.91. The first kappa shape index (κ1) is 10.8. The van der Waals surface area contributed by atoms with E-state index in [2.05, 4.69) is 0 Å². The lowest BCUT2D eigenvalue weighted by atomic mass is 10.3. The fourth-order valence-corrected chi connectivity index (χ4v) is 1.12. The molecule has 0 aromatic heterocycles. The zero-order chi connectivity index (χ0) is 7.40. The summed E-state index contributed by atoms with van der Waals surface area (Å²) in [6.45, 7) is 1.57. The third kappa shape index (κ3) is 4.27. The van der Waals surface area contributed by atoms with Crippen LogP contribution < -0.4 is 4.52 Å². The highest BCUT2D eigenvalue weighted by molar-refractivity contribution is 7.38. The molecule has 1 unspecified atom stereocenters. The molecule has 1 rings (SSSR count). The van der Waals surface area contributed by atoms with Crippen molar-refractivity contribution >= 4 is 25.4 Å². The minimum Gasteiger partial charge on any atom is -0.445 e. The van der Waals surface area contributed by atoms with Gasteiger partial charge >= 0.3 is 0 Å². The summed E-state index contributed by atoms with van der Waals surface area (Å²) < 4.78 is 15.5. The average Bonchev–Trinajstić information content (AvgIpc) is 1.88. The van der Waals surface area contributed by atoms with Gasteiger partial charge in [-0.15, -0.1) is 0 Å². The molecule has 1 atom stereocenters. The molecule has 0 aliphatic carbocycles. The standard InChI is InChI=1S/C7H9O2P.Al.3H/c1-10(8)9-7-5-3-2-4-6-7;;;;/h2-6,10H,1H3;;;;. The second-order valence-corrected chi connectivity index (χ2v) is 3.09. The number of benzene rings is 1. The average molecular weight is 186 g/mol. The van der Waals surface area contributed by atoms with E-state index >= 15 is 0 Å². The van der Waals surface area contributed by atoms with Gasteiger partial charge in [-0.3, -0.25) is 4.57 Å². The summed E-state index contributed by atoms with van der Waals surface area (Å²) in [6, 6.07) is 9.15. The van der Waals surface area contributed by atoms with E-state index in [0.717, 1.165) is 0 Å². The summed E-state index contributed by atoms with van der Waals surface area (Å²) in [5, 5.41) is 0. The van der Waals surface area contributed by atoms with Crippen molar-refractivity contribution in [2.45, 2.75) is 0 Å². The maximum atomic E-state index is 10.6. The number of hydrogen-bond acceptors (Lipinski definition) is 2. The van der Waals surface area contributed by atoms with Crippen molar-refractivity contribution in [1.29, 1.82) is 0 Å². The smallest absolute Gasteiger partial charge is 0.233 e. The van der Waals surface area contributed by atoms with Gasteiger partial charge in [0, 0.05) is 6.66 Å². The summed E-state index contributed by atoms with van der Waals surface area (Å²) in [6.07, 6.45) is 0. The van der Waals surface area contributed by atoms with Crippen LogP contribution in [-0.4, -0.2) is 24.0 Å². The molecule has 0 saturated heterocycles. The largest absolute Gasteiger partial charge is 0.445 e. The van der Waals surface area contributed by atoms with Crippen molar-refractivity contribution in [1.82, 2.24) is 0 Å². The lowest BCUT2D eigenvalue weighted by molar-refractivity contribution is 0.511. The molecule has 0 fully saturated rings. The van der Waals surface area contributed by atoms with Crippen molar-refractivity contribution in [3.63, 3.8) is 0 Å². The van der Waals surface area contributed by atoms with Gasteiger partial charge in [-0.05, 0) is 12.1 Å². The van der Waals surface area contributed by atoms with Crippen LogP contribution in [0.1, 0.15) is 0 Å². The van der Waals surface area contributed by atoms with E-state index in [1.807, 2.05) is 18.2 Å². The van der Waals surface area contributed by atoms with Crippen LogP contribution >= 0.6 is 8.03 Å². The predicted molar refractivity (Wildman–Crippen MR) is 51.9 cm³/mol. The third-order valence-electron chi connectivity index (χ3n) is 1.00. The summed E-state index contributed by atoms with van der Waals surface area (Å²) >= 11 is 0. The molecular formula is C7H12AlO2P. The normalized spacial score (nSPS) is 11.4. The van der Waals surface area contributed by atoms with Crippen molar-refractivity contribution in [2.24, 2.45) is 0 Å². The van der Waals surface area contributed by atoms with Gasteiger partial charge in [0.2, 0.25) is 8.03 Å². The van der Waals surface area contributed by atoms with Crippen LogP contribution in [0.5, 0.6) is 5.75 Å². The van der Waals surface area contributed by atoms with Crippen LogP contribution in [0.4, 0.5) is 0 Å². The molecule has 0 amide bonds. The first-order valence-electron chi connectivity index (χ1n) is 3.02. The Labute approximate surface area is 77.6 Å². The van der Waals surface area contributed by atoms with E-state index in [-0.39, 0.29) is 17.4 Å². The Hall–Kier alpha value is -0.218. The summed E-state index contributed by atoms with van der Waals surface area (Å²) in [5.74, 6) is 0.675. The number of para-hydroxylation sites is 1. The van der Waals surface area contributed by atoms with E-state index in [9.17, 15) is 4.57 Å². The van der Waals surface area contributed by atoms with E-state index in [4.69, 9.17) is 4.52 Å². The fraction of sp³-hybridized carbons (Fsp3) is 0.143. The highest BCUT2D eigenvalue weighted by Crippen LogP contribution is 2.21. The Morgan fingerprint density at radius 2 is 1.82 bits per heavy atom. The van der Waals surface area contributed by atoms with Gasteiger partial charge in [0.1, 0.15) is 5.75 Å². The Balaban J connectivity index is 0.000001000. The van der Waals surface area contributed by atoms with E-state index < -0.39 is 8.03 Å². The van der Waals surface area contributed by atoms with E-state index in [1.54, 1.807) is 18.8 Å². The number of rotatable bonds is 2.